The number of hydrogen-bond acceptors (Lipinski definition) is 2. The van der Waals surface area contributed by atoms with Gasteiger partial charge in [-0.05, 0) is 51.8 Å². The Bertz CT molecular complexity index is 671. The molecule has 2 heterocycles. The molecule has 1 aliphatic rings. The van der Waals surface area contributed by atoms with Crippen LogP contribution in [0.2, 0.25) is 0 Å². The molecule has 0 unspecified atom stereocenters. The first-order chi connectivity index (χ1) is 10.1. The largest absolute Gasteiger partial charge is 0.358 e. The maximum absolute atomic E-state index is 12.8. The Morgan fingerprint density at radius 3 is 2.90 bits per heavy atom. The van der Waals surface area contributed by atoms with E-state index in [4.69, 9.17) is 0 Å². The monoisotopic (exact) mass is 284 g/mol. The van der Waals surface area contributed by atoms with Gasteiger partial charge in [0.15, 0.2) is 5.78 Å². The maximum atomic E-state index is 12.8. The van der Waals surface area contributed by atoms with E-state index in [1.54, 1.807) is 0 Å². The molecule has 21 heavy (non-hydrogen) atoms. The predicted octanol–water partition coefficient (Wildman–Crippen LogP) is 3.84. The fraction of sp³-hybridized carbons (Fsp3) is 0.500. The van der Waals surface area contributed by atoms with E-state index in [0.717, 1.165) is 28.7 Å². The van der Waals surface area contributed by atoms with Crippen LogP contribution in [0.15, 0.2) is 18.2 Å². The number of carbonyl (C=O) groups is 1. The normalized spacial score (nSPS) is 20.0. The van der Waals surface area contributed by atoms with Crippen molar-refractivity contribution in [2.45, 2.75) is 46.1 Å². The highest BCUT2D eigenvalue weighted by Gasteiger charge is 2.23. The standard InChI is InChI=1S/C18H24N2O/c1-12-7-8-15-16(10-12)19-14(3)18(15)17(21)11-20-9-5-4-6-13(20)2/h7-8,10,13,19H,4-6,9,11H2,1-3H3/t13-/m1/s1. The molecule has 112 valence electrons. The summed E-state index contributed by atoms with van der Waals surface area (Å²) in [4.78, 5) is 18.5. The van der Waals surface area contributed by atoms with Gasteiger partial charge in [-0.3, -0.25) is 9.69 Å². The Hall–Kier alpha value is -1.61. The number of likely N-dealkylation sites (tertiary alicyclic amines) is 1. The number of nitrogens with zero attached hydrogens (tertiary/aromatic N) is 1. The summed E-state index contributed by atoms with van der Waals surface area (Å²) in [6.45, 7) is 7.91. The van der Waals surface area contributed by atoms with Gasteiger partial charge in [0.1, 0.15) is 0 Å². The Morgan fingerprint density at radius 1 is 1.33 bits per heavy atom. The van der Waals surface area contributed by atoms with Crippen LogP contribution in [0.25, 0.3) is 10.9 Å². The molecule has 1 aromatic heterocycles. The molecule has 1 aromatic carbocycles. The van der Waals surface area contributed by atoms with Crippen molar-refractivity contribution in [3.8, 4) is 0 Å². The second kappa shape index (κ2) is 5.64. The van der Waals surface area contributed by atoms with Crippen LogP contribution in [0.1, 0.15) is 47.8 Å². The smallest absolute Gasteiger partial charge is 0.179 e. The molecule has 1 atom stereocenters. The zero-order valence-electron chi connectivity index (χ0n) is 13.2. The zero-order chi connectivity index (χ0) is 15.0. The zero-order valence-corrected chi connectivity index (χ0v) is 13.2. The summed E-state index contributed by atoms with van der Waals surface area (Å²) in [5.41, 5.74) is 4.16. The Kier molecular flexibility index (Phi) is 3.85. The number of piperidine rings is 1. The first kappa shape index (κ1) is 14.3. The molecule has 0 aliphatic carbocycles. The lowest BCUT2D eigenvalue weighted by Gasteiger charge is -2.32. The molecule has 3 heteroatoms. The van der Waals surface area contributed by atoms with Gasteiger partial charge in [0.05, 0.1) is 6.54 Å². The quantitative estimate of drug-likeness (QED) is 0.869. The van der Waals surface area contributed by atoms with Gasteiger partial charge in [0.25, 0.3) is 0 Å². The van der Waals surface area contributed by atoms with E-state index in [9.17, 15) is 4.79 Å². The minimum absolute atomic E-state index is 0.247. The van der Waals surface area contributed by atoms with E-state index in [1.807, 2.05) is 6.92 Å². The van der Waals surface area contributed by atoms with Crippen LogP contribution in [0, 0.1) is 13.8 Å². The van der Waals surface area contributed by atoms with E-state index in [1.165, 1.54) is 24.8 Å². The summed E-state index contributed by atoms with van der Waals surface area (Å²) < 4.78 is 0. The SMILES string of the molecule is Cc1ccc2c(C(=O)CN3CCCC[C@H]3C)c(C)[nH]c2c1. The maximum Gasteiger partial charge on any atom is 0.179 e. The number of rotatable bonds is 3. The summed E-state index contributed by atoms with van der Waals surface area (Å²) in [7, 11) is 0. The molecule has 0 saturated carbocycles. The highest BCUT2D eigenvalue weighted by atomic mass is 16.1. The third-order valence-electron chi connectivity index (χ3n) is 4.71. The second-order valence-electron chi connectivity index (χ2n) is 6.41. The van der Waals surface area contributed by atoms with Crippen molar-refractivity contribution in [2.75, 3.05) is 13.1 Å². The van der Waals surface area contributed by atoms with Crippen LogP contribution in [0.3, 0.4) is 0 Å². The molecule has 0 spiro atoms. The first-order valence-electron chi connectivity index (χ1n) is 7.92. The number of carbonyl (C=O) groups excluding carboxylic acids is 1. The van der Waals surface area contributed by atoms with Crippen molar-refractivity contribution in [2.24, 2.45) is 0 Å². The third-order valence-corrected chi connectivity index (χ3v) is 4.71. The molecule has 0 bridgehead atoms. The molecule has 1 fully saturated rings. The number of aromatic amines is 1. The summed E-state index contributed by atoms with van der Waals surface area (Å²) in [5.74, 6) is 0.247. The van der Waals surface area contributed by atoms with Gasteiger partial charge in [0, 0.05) is 28.2 Å². The molecule has 2 aromatic rings. The lowest BCUT2D eigenvalue weighted by Crippen LogP contribution is -2.40. The van der Waals surface area contributed by atoms with Gasteiger partial charge in [-0.2, -0.15) is 0 Å². The van der Waals surface area contributed by atoms with Crippen LogP contribution in [-0.4, -0.2) is 34.8 Å². The Morgan fingerprint density at radius 2 is 2.14 bits per heavy atom. The highest BCUT2D eigenvalue weighted by Crippen LogP contribution is 2.25. The number of benzene rings is 1. The van der Waals surface area contributed by atoms with Crippen molar-refractivity contribution in [3.05, 3.63) is 35.0 Å². The number of aromatic nitrogens is 1. The molecule has 3 rings (SSSR count). The van der Waals surface area contributed by atoms with Gasteiger partial charge >= 0.3 is 0 Å². The molecule has 1 saturated heterocycles. The van der Waals surface area contributed by atoms with Crippen LogP contribution in [-0.2, 0) is 0 Å². The fourth-order valence-electron chi connectivity index (χ4n) is 3.46. The summed E-state index contributed by atoms with van der Waals surface area (Å²) in [6.07, 6.45) is 3.71. The van der Waals surface area contributed by atoms with E-state index >= 15 is 0 Å². The van der Waals surface area contributed by atoms with Gasteiger partial charge < -0.3 is 4.98 Å². The van der Waals surface area contributed by atoms with E-state index in [-0.39, 0.29) is 5.78 Å². The van der Waals surface area contributed by atoms with Gasteiger partial charge in [-0.25, -0.2) is 0 Å². The second-order valence-corrected chi connectivity index (χ2v) is 6.41. The average molecular weight is 284 g/mol. The van der Waals surface area contributed by atoms with Gasteiger partial charge in [-0.1, -0.05) is 18.6 Å². The fourth-order valence-corrected chi connectivity index (χ4v) is 3.46. The van der Waals surface area contributed by atoms with Gasteiger partial charge in [-0.15, -0.1) is 0 Å². The van der Waals surface area contributed by atoms with Crippen molar-refractivity contribution in [3.63, 3.8) is 0 Å². The summed E-state index contributed by atoms with van der Waals surface area (Å²) in [6, 6.07) is 6.79. The number of ketones is 1. The first-order valence-corrected chi connectivity index (χ1v) is 7.92. The number of nitrogens with one attached hydrogen (secondary N) is 1. The minimum atomic E-state index is 0.247. The summed E-state index contributed by atoms with van der Waals surface area (Å²) in [5, 5.41) is 1.06. The minimum Gasteiger partial charge on any atom is -0.358 e. The molecular weight excluding hydrogens is 260 g/mol. The molecule has 1 N–H and O–H groups in total. The Balaban J connectivity index is 1.89. The summed E-state index contributed by atoms with van der Waals surface area (Å²) >= 11 is 0. The molecule has 3 nitrogen and oxygen atoms in total. The van der Waals surface area contributed by atoms with Crippen molar-refractivity contribution >= 4 is 16.7 Å². The topological polar surface area (TPSA) is 36.1 Å². The van der Waals surface area contributed by atoms with Crippen LogP contribution in [0.5, 0.6) is 0 Å². The molecule has 0 amide bonds. The molecule has 1 aliphatic heterocycles. The van der Waals surface area contributed by atoms with E-state index < -0.39 is 0 Å². The third kappa shape index (κ3) is 2.75. The highest BCUT2D eigenvalue weighted by molar-refractivity contribution is 6.10. The lowest BCUT2D eigenvalue weighted by molar-refractivity contribution is 0.0861. The lowest BCUT2D eigenvalue weighted by atomic mass is 10.0. The van der Waals surface area contributed by atoms with Crippen molar-refractivity contribution in [1.29, 1.82) is 0 Å². The van der Waals surface area contributed by atoms with Crippen molar-refractivity contribution in [1.82, 2.24) is 9.88 Å². The average Bonchev–Trinajstić information content (AvgIpc) is 2.76. The molecular formula is C18H24N2O. The number of hydrogen-bond donors (Lipinski definition) is 1. The van der Waals surface area contributed by atoms with E-state index in [2.05, 4.69) is 41.9 Å². The van der Waals surface area contributed by atoms with Gasteiger partial charge in [0.2, 0.25) is 0 Å². The number of aryl methyl sites for hydroxylation is 2. The Labute approximate surface area is 126 Å². The predicted molar refractivity (Wildman–Crippen MR) is 87.0 cm³/mol. The number of Topliss-reactive ketones (excluding diaryl/α,β-unsaturated/α-hetero) is 1. The number of H-pyrrole nitrogens is 1. The van der Waals surface area contributed by atoms with Crippen LogP contribution in [0.4, 0.5) is 0 Å². The van der Waals surface area contributed by atoms with Crippen LogP contribution >= 0.6 is 0 Å². The van der Waals surface area contributed by atoms with Crippen LogP contribution < -0.4 is 0 Å². The van der Waals surface area contributed by atoms with E-state index in [0.29, 0.717) is 12.6 Å². The van der Waals surface area contributed by atoms with Crippen molar-refractivity contribution < 1.29 is 4.79 Å². The number of fused-ring (bicyclic) bond motifs is 1. The molecule has 0 radical (unpaired) electrons.